The molecule has 0 saturated carbocycles. The fourth-order valence-electron chi connectivity index (χ4n) is 4.42. The lowest BCUT2D eigenvalue weighted by Crippen LogP contribution is -2.29. The Morgan fingerprint density at radius 3 is 2.00 bits per heavy atom. The van der Waals surface area contributed by atoms with Gasteiger partial charge < -0.3 is 14.7 Å². The second kappa shape index (κ2) is 10.7. The maximum atomic E-state index is 13.2. The van der Waals surface area contributed by atoms with E-state index in [0.717, 1.165) is 11.1 Å². The van der Waals surface area contributed by atoms with Crippen LogP contribution >= 0.6 is 11.6 Å². The standard InChI is InChI=1S/C31H24ClNO4/c32-25-15-11-24(12-16-25)29(34)27-28(33(31(36)30(27)35)19-21-7-3-1-4-8-21)23-13-17-26(18-14-23)37-20-22-9-5-2-6-10-22/h1-18,28,34H,19-20H2/b29-27+. The van der Waals surface area contributed by atoms with Gasteiger partial charge in [-0.25, -0.2) is 0 Å². The van der Waals surface area contributed by atoms with Gasteiger partial charge in [-0.15, -0.1) is 0 Å². The van der Waals surface area contributed by atoms with Gasteiger partial charge in [0.25, 0.3) is 11.7 Å². The maximum Gasteiger partial charge on any atom is 0.295 e. The van der Waals surface area contributed by atoms with E-state index >= 15 is 0 Å². The van der Waals surface area contributed by atoms with Gasteiger partial charge >= 0.3 is 0 Å². The molecule has 1 aliphatic rings. The maximum absolute atomic E-state index is 13.2. The van der Waals surface area contributed by atoms with Crippen molar-refractivity contribution in [1.29, 1.82) is 0 Å². The molecule has 5 rings (SSSR count). The van der Waals surface area contributed by atoms with Crippen molar-refractivity contribution in [2.24, 2.45) is 0 Å². The first-order valence-corrected chi connectivity index (χ1v) is 12.2. The van der Waals surface area contributed by atoms with Gasteiger partial charge in [-0.05, 0) is 53.1 Å². The third-order valence-electron chi connectivity index (χ3n) is 6.30. The molecule has 5 nitrogen and oxygen atoms in total. The van der Waals surface area contributed by atoms with Gasteiger partial charge in [-0.3, -0.25) is 9.59 Å². The van der Waals surface area contributed by atoms with Crippen LogP contribution in [0.2, 0.25) is 5.02 Å². The quantitative estimate of drug-likeness (QED) is 0.174. The molecular weight excluding hydrogens is 486 g/mol. The van der Waals surface area contributed by atoms with E-state index in [2.05, 4.69) is 0 Å². The second-order valence-electron chi connectivity index (χ2n) is 8.76. The van der Waals surface area contributed by atoms with Crippen LogP contribution in [0.1, 0.15) is 28.3 Å². The number of rotatable bonds is 7. The molecule has 1 aliphatic heterocycles. The highest BCUT2D eigenvalue weighted by atomic mass is 35.5. The first kappa shape index (κ1) is 24.3. The Hall–Kier alpha value is -4.35. The molecule has 0 bridgehead atoms. The van der Waals surface area contributed by atoms with E-state index in [0.29, 0.717) is 28.5 Å². The predicted octanol–water partition coefficient (Wildman–Crippen LogP) is 6.54. The highest BCUT2D eigenvalue weighted by molar-refractivity contribution is 6.46. The van der Waals surface area contributed by atoms with Gasteiger partial charge in [0.05, 0.1) is 11.6 Å². The lowest BCUT2D eigenvalue weighted by molar-refractivity contribution is -0.140. The fourth-order valence-corrected chi connectivity index (χ4v) is 4.55. The number of ether oxygens (including phenoxy) is 1. The minimum Gasteiger partial charge on any atom is -0.507 e. The smallest absolute Gasteiger partial charge is 0.295 e. The van der Waals surface area contributed by atoms with Crippen molar-refractivity contribution in [3.8, 4) is 5.75 Å². The Bertz CT molecular complexity index is 1430. The Kier molecular flexibility index (Phi) is 7.06. The summed E-state index contributed by atoms with van der Waals surface area (Å²) in [5.74, 6) is -0.961. The van der Waals surface area contributed by atoms with E-state index in [4.69, 9.17) is 16.3 Å². The van der Waals surface area contributed by atoms with Gasteiger partial charge in [0.2, 0.25) is 0 Å². The normalized spacial score (nSPS) is 16.7. The molecule has 1 unspecified atom stereocenters. The summed E-state index contributed by atoms with van der Waals surface area (Å²) in [4.78, 5) is 27.9. The van der Waals surface area contributed by atoms with Crippen LogP contribution in [-0.4, -0.2) is 21.7 Å². The van der Waals surface area contributed by atoms with Crippen LogP contribution < -0.4 is 4.74 Å². The summed E-state index contributed by atoms with van der Waals surface area (Å²) >= 11 is 6.01. The summed E-state index contributed by atoms with van der Waals surface area (Å²) < 4.78 is 5.91. The van der Waals surface area contributed by atoms with Gasteiger partial charge in [0.1, 0.15) is 18.1 Å². The molecule has 1 amide bonds. The van der Waals surface area contributed by atoms with Crippen molar-refractivity contribution in [3.05, 3.63) is 142 Å². The van der Waals surface area contributed by atoms with Crippen molar-refractivity contribution < 1.29 is 19.4 Å². The third kappa shape index (κ3) is 5.27. The highest BCUT2D eigenvalue weighted by Crippen LogP contribution is 2.40. The number of carbonyl (C=O) groups is 2. The molecule has 4 aromatic carbocycles. The third-order valence-corrected chi connectivity index (χ3v) is 6.55. The summed E-state index contributed by atoms with van der Waals surface area (Å²) in [6.45, 7) is 0.642. The SMILES string of the molecule is O=C1C(=O)N(Cc2ccccc2)C(c2ccc(OCc3ccccc3)cc2)/C1=C(\O)c1ccc(Cl)cc1. The minimum atomic E-state index is -0.765. The molecule has 4 aromatic rings. The number of aliphatic hydroxyl groups is 1. The van der Waals surface area contributed by atoms with Gasteiger partial charge in [-0.1, -0.05) is 84.4 Å². The predicted molar refractivity (Wildman–Crippen MR) is 143 cm³/mol. The first-order valence-electron chi connectivity index (χ1n) is 11.9. The Labute approximate surface area is 220 Å². The molecule has 1 saturated heterocycles. The summed E-state index contributed by atoms with van der Waals surface area (Å²) in [6.07, 6.45) is 0. The van der Waals surface area contributed by atoms with Crippen LogP contribution in [0.5, 0.6) is 5.75 Å². The number of halogens is 1. The van der Waals surface area contributed by atoms with Crippen molar-refractivity contribution in [1.82, 2.24) is 4.90 Å². The number of Topliss-reactive ketones (excluding diaryl/α,β-unsaturated/α-hetero) is 1. The second-order valence-corrected chi connectivity index (χ2v) is 9.20. The Morgan fingerprint density at radius 1 is 0.784 bits per heavy atom. The van der Waals surface area contributed by atoms with Crippen LogP contribution in [0.25, 0.3) is 5.76 Å². The van der Waals surface area contributed by atoms with Crippen LogP contribution in [0, 0.1) is 0 Å². The van der Waals surface area contributed by atoms with E-state index < -0.39 is 17.7 Å². The molecule has 0 radical (unpaired) electrons. The molecule has 1 N–H and O–H groups in total. The molecule has 6 heteroatoms. The number of ketones is 1. The van der Waals surface area contributed by atoms with Crippen LogP contribution in [-0.2, 0) is 22.7 Å². The molecule has 0 spiro atoms. The lowest BCUT2D eigenvalue weighted by atomic mass is 9.95. The number of benzene rings is 4. The minimum absolute atomic E-state index is 0.0428. The number of hydrogen-bond acceptors (Lipinski definition) is 4. The molecule has 184 valence electrons. The summed E-state index contributed by atoms with van der Waals surface area (Å²) in [6, 6.07) is 32.3. The molecule has 0 aromatic heterocycles. The number of nitrogens with zero attached hydrogens (tertiary/aromatic N) is 1. The zero-order valence-electron chi connectivity index (χ0n) is 19.9. The van der Waals surface area contributed by atoms with E-state index in [-0.39, 0.29) is 17.9 Å². The lowest BCUT2D eigenvalue weighted by Gasteiger charge is -2.25. The number of likely N-dealkylation sites (tertiary alicyclic amines) is 1. The molecule has 1 heterocycles. The van der Waals surface area contributed by atoms with Gasteiger partial charge in [0.15, 0.2) is 0 Å². The molecule has 0 aliphatic carbocycles. The van der Waals surface area contributed by atoms with E-state index in [1.54, 1.807) is 24.3 Å². The van der Waals surface area contributed by atoms with E-state index in [1.807, 2.05) is 84.9 Å². The summed E-state index contributed by atoms with van der Waals surface area (Å²) in [5.41, 5.74) is 3.07. The first-order chi connectivity index (χ1) is 18.0. The van der Waals surface area contributed by atoms with Crippen LogP contribution in [0.4, 0.5) is 0 Å². The molecule has 1 atom stereocenters. The number of carbonyl (C=O) groups excluding carboxylic acids is 2. The fraction of sp³-hybridized carbons (Fsp3) is 0.0968. The molecule has 1 fully saturated rings. The van der Waals surface area contributed by atoms with Crippen molar-refractivity contribution >= 4 is 29.1 Å². The van der Waals surface area contributed by atoms with E-state index in [9.17, 15) is 14.7 Å². The van der Waals surface area contributed by atoms with E-state index in [1.165, 1.54) is 4.90 Å². The van der Waals surface area contributed by atoms with Crippen molar-refractivity contribution in [2.75, 3.05) is 0 Å². The number of amides is 1. The summed E-state index contributed by atoms with van der Waals surface area (Å²) in [7, 11) is 0. The highest BCUT2D eigenvalue weighted by Gasteiger charge is 2.46. The number of aliphatic hydroxyl groups excluding tert-OH is 1. The van der Waals surface area contributed by atoms with Gasteiger partial charge in [0, 0.05) is 17.1 Å². The van der Waals surface area contributed by atoms with Crippen molar-refractivity contribution in [3.63, 3.8) is 0 Å². The van der Waals surface area contributed by atoms with Crippen LogP contribution in [0.15, 0.2) is 115 Å². The zero-order chi connectivity index (χ0) is 25.8. The number of hydrogen-bond donors (Lipinski definition) is 1. The van der Waals surface area contributed by atoms with Gasteiger partial charge in [-0.2, -0.15) is 0 Å². The average molecular weight is 510 g/mol. The monoisotopic (exact) mass is 509 g/mol. The molecular formula is C31H24ClNO4. The Morgan fingerprint density at radius 2 is 1.38 bits per heavy atom. The largest absolute Gasteiger partial charge is 0.507 e. The van der Waals surface area contributed by atoms with Crippen LogP contribution in [0.3, 0.4) is 0 Å². The van der Waals surface area contributed by atoms with Crippen molar-refractivity contribution in [2.45, 2.75) is 19.2 Å². The zero-order valence-corrected chi connectivity index (χ0v) is 20.6. The topological polar surface area (TPSA) is 66.8 Å². The Balaban J connectivity index is 1.51. The summed E-state index contributed by atoms with van der Waals surface area (Å²) in [5, 5.41) is 11.7. The molecule has 37 heavy (non-hydrogen) atoms. The average Bonchev–Trinajstić information content (AvgIpc) is 3.18.